The van der Waals surface area contributed by atoms with Crippen LogP contribution in [0.5, 0.6) is 11.5 Å². The van der Waals surface area contributed by atoms with Crippen molar-refractivity contribution in [2.24, 2.45) is 0 Å². The Bertz CT molecular complexity index is 617. The maximum absolute atomic E-state index is 9.10. The smallest absolute Gasteiger partial charge is 0.414 e. The first-order valence-corrected chi connectivity index (χ1v) is 9.54. The van der Waals surface area contributed by atoms with Gasteiger partial charge in [0, 0.05) is 38.8 Å². The standard InChI is InChI=1S/C18H30N2O2.C2H2O4/c1-5-15(3)20-11-9-19(10-12-20)14-16-7-8-17(21-4)18(13-16)22-6-2;3-1(4)2(5)6/h7-8,13,15H,5-6,9-12,14H2,1-4H3;(H,3,4)(H,5,6). The zero-order chi connectivity index (χ0) is 21.1. The van der Waals surface area contributed by atoms with Gasteiger partial charge in [-0.25, -0.2) is 9.59 Å². The van der Waals surface area contributed by atoms with Gasteiger partial charge in [0.1, 0.15) is 0 Å². The number of nitrogens with zero attached hydrogens (tertiary/aromatic N) is 2. The monoisotopic (exact) mass is 396 g/mol. The van der Waals surface area contributed by atoms with Crippen LogP contribution in [0.15, 0.2) is 18.2 Å². The minimum absolute atomic E-state index is 0.660. The highest BCUT2D eigenvalue weighted by Crippen LogP contribution is 2.28. The Hall–Kier alpha value is -2.32. The Kier molecular flexibility index (Phi) is 10.3. The van der Waals surface area contributed by atoms with Crippen LogP contribution in [0.2, 0.25) is 0 Å². The largest absolute Gasteiger partial charge is 0.493 e. The first-order valence-electron chi connectivity index (χ1n) is 9.54. The molecular weight excluding hydrogens is 364 g/mol. The van der Waals surface area contributed by atoms with Crippen LogP contribution in [0, 0.1) is 0 Å². The highest BCUT2D eigenvalue weighted by molar-refractivity contribution is 6.27. The van der Waals surface area contributed by atoms with Crippen LogP contribution in [0.3, 0.4) is 0 Å². The summed E-state index contributed by atoms with van der Waals surface area (Å²) in [4.78, 5) is 23.3. The number of piperazine rings is 1. The summed E-state index contributed by atoms with van der Waals surface area (Å²) in [6.07, 6.45) is 1.23. The van der Waals surface area contributed by atoms with Gasteiger partial charge in [-0.15, -0.1) is 0 Å². The first-order chi connectivity index (χ1) is 13.3. The number of aliphatic carboxylic acids is 2. The predicted octanol–water partition coefficient (Wildman–Crippen LogP) is 2.17. The van der Waals surface area contributed by atoms with Crippen LogP contribution in [0.25, 0.3) is 0 Å². The van der Waals surface area contributed by atoms with Gasteiger partial charge in [0.25, 0.3) is 0 Å². The lowest BCUT2D eigenvalue weighted by atomic mass is 10.1. The number of hydrogen-bond acceptors (Lipinski definition) is 6. The lowest BCUT2D eigenvalue weighted by Crippen LogP contribution is -2.48. The van der Waals surface area contributed by atoms with Gasteiger partial charge < -0.3 is 19.7 Å². The van der Waals surface area contributed by atoms with E-state index in [0.717, 1.165) is 31.1 Å². The molecule has 0 aromatic heterocycles. The van der Waals surface area contributed by atoms with E-state index in [-0.39, 0.29) is 0 Å². The molecule has 1 saturated heterocycles. The summed E-state index contributed by atoms with van der Waals surface area (Å²) in [6.45, 7) is 12.9. The summed E-state index contributed by atoms with van der Waals surface area (Å²) in [7, 11) is 1.69. The number of benzene rings is 1. The molecule has 2 rings (SSSR count). The third-order valence-electron chi connectivity index (χ3n) is 4.74. The molecule has 28 heavy (non-hydrogen) atoms. The second kappa shape index (κ2) is 12.2. The van der Waals surface area contributed by atoms with Gasteiger partial charge in [0.2, 0.25) is 0 Å². The quantitative estimate of drug-likeness (QED) is 0.677. The molecule has 0 aliphatic carbocycles. The fourth-order valence-corrected chi connectivity index (χ4v) is 2.97. The van der Waals surface area contributed by atoms with Crippen LogP contribution in [0.1, 0.15) is 32.8 Å². The highest BCUT2D eigenvalue weighted by atomic mass is 16.5. The van der Waals surface area contributed by atoms with Crippen molar-refractivity contribution >= 4 is 11.9 Å². The molecule has 1 unspecified atom stereocenters. The summed E-state index contributed by atoms with van der Waals surface area (Å²) >= 11 is 0. The Balaban J connectivity index is 0.000000568. The van der Waals surface area contributed by atoms with Crippen molar-refractivity contribution in [3.05, 3.63) is 23.8 Å². The summed E-state index contributed by atoms with van der Waals surface area (Å²) in [5.74, 6) is -1.99. The molecule has 0 saturated carbocycles. The van der Waals surface area contributed by atoms with Crippen molar-refractivity contribution in [1.29, 1.82) is 0 Å². The van der Waals surface area contributed by atoms with Crippen LogP contribution in [-0.2, 0) is 16.1 Å². The molecule has 1 aromatic rings. The summed E-state index contributed by atoms with van der Waals surface area (Å²) in [6, 6.07) is 6.97. The van der Waals surface area contributed by atoms with Gasteiger partial charge in [-0.1, -0.05) is 13.0 Å². The molecule has 0 amide bonds. The van der Waals surface area contributed by atoms with Crippen LogP contribution < -0.4 is 9.47 Å². The third kappa shape index (κ3) is 7.74. The van der Waals surface area contributed by atoms with Crippen molar-refractivity contribution in [3.63, 3.8) is 0 Å². The maximum Gasteiger partial charge on any atom is 0.414 e. The molecule has 0 bridgehead atoms. The van der Waals surface area contributed by atoms with Gasteiger partial charge in [0.15, 0.2) is 11.5 Å². The molecule has 1 aliphatic rings. The van der Waals surface area contributed by atoms with E-state index in [0.29, 0.717) is 12.6 Å². The van der Waals surface area contributed by atoms with Gasteiger partial charge >= 0.3 is 11.9 Å². The van der Waals surface area contributed by atoms with Gasteiger partial charge in [-0.3, -0.25) is 9.80 Å². The fourth-order valence-electron chi connectivity index (χ4n) is 2.97. The zero-order valence-electron chi connectivity index (χ0n) is 17.2. The average Bonchev–Trinajstić information content (AvgIpc) is 2.69. The lowest BCUT2D eigenvalue weighted by Gasteiger charge is -2.37. The van der Waals surface area contributed by atoms with E-state index in [1.807, 2.05) is 13.0 Å². The van der Waals surface area contributed by atoms with E-state index in [1.165, 1.54) is 25.1 Å². The molecule has 1 atom stereocenters. The fraction of sp³-hybridized carbons (Fsp3) is 0.600. The van der Waals surface area contributed by atoms with E-state index < -0.39 is 11.9 Å². The molecule has 1 fully saturated rings. The Morgan fingerprint density at radius 1 is 1.07 bits per heavy atom. The summed E-state index contributed by atoms with van der Waals surface area (Å²) in [5, 5.41) is 14.8. The minimum Gasteiger partial charge on any atom is -0.493 e. The van der Waals surface area contributed by atoms with E-state index in [2.05, 4.69) is 35.8 Å². The van der Waals surface area contributed by atoms with E-state index in [1.54, 1.807) is 7.11 Å². The second-order valence-electron chi connectivity index (χ2n) is 6.60. The van der Waals surface area contributed by atoms with Crippen LogP contribution in [0.4, 0.5) is 0 Å². The van der Waals surface area contributed by atoms with E-state index in [4.69, 9.17) is 29.3 Å². The number of carboxylic acid groups (broad SMARTS) is 2. The first kappa shape index (κ1) is 23.7. The Morgan fingerprint density at radius 2 is 1.68 bits per heavy atom. The molecule has 158 valence electrons. The number of carboxylic acids is 2. The zero-order valence-corrected chi connectivity index (χ0v) is 17.2. The maximum atomic E-state index is 9.10. The summed E-state index contributed by atoms with van der Waals surface area (Å²) < 4.78 is 11.0. The number of hydrogen-bond donors (Lipinski definition) is 2. The molecule has 1 aliphatic heterocycles. The number of carbonyl (C=O) groups is 2. The lowest BCUT2D eigenvalue weighted by molar-refractivity contribution is -0.159. The normalized spacial score (nSPS) is 15.9. The molecule has 8 nitrogen and oxygen atoms in total. The van der Waals surface area contributed by atoms with E-state index >= 15 is 0 Å². The highest BCUT2D eigenvalue weighted by Gasteiger charge is 2.20. The van der Waals surface area contributed by atoms with Crippen molar-refractivity contribution in [1.82, 2.24) is 9.80 Å². The van der Waals surface area contributed by atoms with Crippen molar-refractivity contribution in [2.75, 3.05) is 39.9 Å². The Labute approximate surface area is 166 Å². The molecule has 0 spiro atoms. The third-order valence-corrected chi connectivity index (χ3v) is 4.74. The predicted molar refractivity (Wildman–Crippen MR) is 106 cm³/mol. The molecule has 8 heteroatoms. The molecule has 2 N–H and O–H groups in total. The van der Waals surface area contributed by atoms with Crippen molar-refractivity contribution in [3.8, 4) is 11.5 Å². The van der Waals surface area contributed by atoms with E-state index in [9.17, 15) is 0 Å². The average molecular weight is 396 g/mol. The number of rotatable bonds is 7. The molecule has 1 heterocycles. The topological polar surface area (TPSA) is 99.5 Å². The number of ether oxygens (including phenoxy) is 2. The van der Waals surface area contributed by atoms with Gasteiger partial charge in [-0.05, 0) is 38.0 Å². The molecular formula is C20H32N2O6. The summed E-state index contributed by atoms with van der Waals surface area (Å²) in [5.41, 5.74) is 1.29. The Morgan fingerprint density at radius 3 is 2.14 bits per heavy atom. The van der Waals surface area contributed by atoms with Crippen molar-refractivity contribution < 1.29 is 29.3 Å². The molecule has 0 radical (unpaired) electrons. The molecule has 1 aromatic carbocycles. The van der Waals surface area contributed by atoms with Gasteiger partial charge in [0.05, 0.1) is 13.7 Å². The van der Waals surface area contributed by atoms with Crippen LogP contribution >= 0.6 is 0 Å². The van der Waals surface area contributed by atoms with Gasteiger partial charge in [-0.2, -0.15) is 0 Å². The number of methoxy groups -OCH3 is 1. The SMILES string of the molecule is CCOc1cc(CN2CCN(C(C)CC)CC2)ccc1OC.O=C(O)C(=O)O. The van der Waals surface area contributed by atoms with Crippen LogP contribution in [-0.4, -0.2) is 77.9 Å². The minimum atomic E-state index is -1.82. The second-order valence-corrected chi connectivity index (χ2v) is 6.60. The van der Waals surface area contributed by atoms with Crippen molar-refractivity contribution in [2.45, 2.75) is 39.8 Å².